The molecular weight excluding hydrogens is 499 g/mol. The quantitative estimate of drug-likeness (QED) is 0.234. The Bertz CT molecular complexity index is 1320. The van der Waals surface area contributed by atoms with Crippen LogP contribution in [-0.4, -0.2) is 11.8 Å². The van der Waals surface area contributed by atoms with Gasteiger partial charge in [-0.2, -0.15) is 0 Å². The number of carbonyl (C=O) groups is 2. The summed E-state index contributed by atoms with van der Waals surface area (Å²) < 4.78 is 0. The normalized spacial score (nSPS) is 11.5. The minimum Gasteiger partial charge on any atom is -0.326 e. The molecule has 4 aromatic carbocycles. The number of benzene rings is 4. The van der Waals surface area contributed by atoms with E-state index in [2.05, 4.69) is 10.6 Å². The molecule has 4 aromatic rings. The number of carbonyl (C=O) groups excluding carboxylic acids is 2. The highest BCUT2D eigenvalue weighted by molar-refractivity contribution is 8.00. The van der Waals surface area contributed by atoms with Crippen LogP contribution in [-0.2, 0) is 16.0 Å². The standard InChI is InChI=1S/C28H22Cl2N2O2S/c29-24-15-14-22(18-25(24)30)32-28(34)27(20-10-5-2-6-11-20)35-23-13-7-12-21(17-23)31-26(33)16-19-8-3-1-4-9-19/h1-15,17-18,27H,16H2,(H,31,33)(H,32,34). The van der Waals surface area contributed by atoms with E-state index < -0.39 is 5.25 Å². The molecule has 0 aliphatic carbocycles. The van der Waals surface area contributed by atoms with Crippen molar-refractivity contribution in [2.45, 2.75) is 16.6 Å². The molecule has 0 aliphatic heterocycles. The van der Waals surface area contributed by atoms with E-state index in [1.807, 2.05) is 84.9 Å². The summed E-state index contributed by atoms with van der Waals surface area (Å²) in [5, 5.41) is 6.14. The molecule has 176 valence electrons. The topological polar surface area (TPSA) is 58.2 Å². The van der Waals surface area contributed by atoms with Crippen molar-refractivity contribution in [3.63, 3.8) is 0 Å². The van der Waals surface area contributed by atoms with Crippen LogP contribution in [0.3, 0.4) is 0 Å². The van der Waals surface area contributed by atoms with Crippen LogP contribution >= 0.6 is 35.0 Å². The zero-order chi connectivity index (χ0) is 24.6. The van der Waals surface area contributed by atoms with E-state index in [0.717, 1.165) is 16.0 Å². The predicted octanol–water partition coefficient (Wildman–Crippen LogP) is 7.65. The maximum Gasteiger partial charge on any atom is 0.242 e. The van der Waals surface area contributed by atoms with Crippen LogP contribution in [0.5, 0.6) is 0 Å². The lowest BCUT2D eigenvalue weighted by Crippen LogP contribution is -2.19. The van der Waals surface area contributed by atoms with Crippen molar-refractivity contribution in [3.05, 3.63) is 124 Å². The molecule has 0 radical (unpaired) electrons. The maximum absolute atomic E-state index is 13.3. The Balaban J connectivity index is 1.50. The average Bonchev–Trinajstić information content (AvgIpc) is 2.86. The molecular formula is C28H22Cl2N2O2S. The van der Waals surface area contributed by atoms with E-state index in [9.17, 15) is 9.59 Å². The first kappa shape index (κ1) is 24.9. The summed E-state index contributed by atoms with van der Waals surface area (Å²) in [7, 11) is 0. The Morgan fingerprint density at radius 1 is 0.714 bits per heavy atom. The lowest BCUT2D eigenvalue weighted by Gasteiger charge is -2.18. The lowest BCUT2D eigenvalue weighted by molar-refractivity contribution is -0.116. The number of hydrogen-bond donors (Lipinski definition) is 2. The molecule has 7 heteroatoms. The third kappa shape index (κ3) is 7.12. The van der Waals surface area contributed by atoms with Gasteiger partial charge < -0.3 is 10.6 Å². The van der Waals surface area contributed by atoms with Gasteiger partial charge in [0.1, 0.15) is 5.25 Å². The number of hydrogen-bond acceptors (Lipinski definition) is 3. The van der Waals surface area contributed by atoms with Crippen LogP contribution in [0.4, 0.5) is 11.4 Å². The molecule has 0 aliphatic rings. The first-order valence-electron chi connectivity index (χ1n) is 10.9. The molecule has 4 rings (SSSR count). The maximum atomic E-state index is 13.3. The summed E-state index contributed by atoms with van der Waals surface area (Å²) in [6, 6.07) is 31.6. The molecule has 0 fully saturated rings. The van der Waals surface area contributed by atoms with E-state index in [0.29, 0.717) is 21.4 Å². The fourth-order valence-corrected chi connectivity index (χ4v) is 4.83. The van der Waals surface area contributed by atoms with Gasteiger partial charge in [0, 0.05) is 16.3 Å². The molecule has 4 nitrogen and oxygen atoms in total. The highest BCUT2D eigenvalue weighted by Gasteiger charge is 2.22. The molecule has 0 spiro atoms. The van der Waals surface area contributed by atoms with Crippen molar-refractivity contribution in [2.75, 3.05) is 10.6 Å². The van der Waals surface area contributed by atoms with Gasteiger partial charge in [-0.05, 0) is 47.5 Å². The molecule has 0 aromatic heterocycles. The van der Waals surface area contributed by atoms with Crippen LogP contribution in [0.15, 0.2) is 108 Å². The van der Waals surface area contributed by atoms with Crippen LogP contribution in [0, 0.1) is 0 Å². The molecule has 0 bridgehead atoms. The summed E-state index contributed by atoms with van der Waals surface area (Å²) in [4.78, 5) is 26.6. The Morgan fingerprint density at radius 2 is 1.40 bits per heavy atom. The number of halogens is 2. The summed E-state index contributed by atoms with van der Waals surface area (Å²) in [6.45, 7) is 0. The van der Waals surface area contributed by atoms with Crippen LogP contribution in [0.25, 0.3) is 0 Å². The van der Waals surface area contributed by atoms with Crippen LogP contribution in [0.1, 0.15) is 16.4 Å². The minimum absolute atomic E-state index is 0.102. The van der Waals surface area contributed by atoms with Crippen molar-refractivity contribution in [1.82, 2.24) is 0 Å². The molecule has 1 atom stereocenters. The Labute approximate surface area is 218 Å². The largest absolute Gasteiger partial charge is 0.326 e. The van der Waals surface area contributed by atoms with Gasteiger partial charge >= 0.3 is 0 Å². The molecule has 0 saturated heterocycles. The van der Waals surface area contributed by atoms with Crippen molar-refractivity contribution in [3.8, 4) is 0 Å². The van der Waals surface area contributed by atoms with Crippen LogP contribution in [0.2, 0.25) is 10.0 Å². The number of thioether (sulfide) groups is 1. The first-order chi connectivity index (χ1) is 17.0. The van der Waals surface area contributed by atoms with E-state index in [-0.39, 0.29) is 18.2 Å². The molecule has 0 saturated carbocycles. The van der Waals surface area contributed by atoms with Crippen molar-refractivity contribution in [2.24, 2.45) is 0 Å². The van der Waals surface area contributed by atoms with Crippen LogP contribution < -0.4 is 10.6 Å². The van der Waals surface area contributed by atoms with Gasteiger partial charge in [0.15, 0.2) is 0 Å². The SMILES string of the molecule is O=C(Cc1ccccc1)Nc1cccc(SC(C(=O)Nc2ccc(Cl)c(Cl)c2)c2ccccc2)c1. The minimum atomic E-state index is -0.527. The van der Waals surface area contributed by atoms with Gasteiger partial charge in [0.05, 0.1) is 16.5 Å². The molecule has 1 unspecified atom stereocenters. The number of rotatable bonds is 8. The highest BCUT2D eigenvalue weighted by atomic mass is 35.5. The molecule has 0 heterocycles. The lowest BCUT2D eigenvalue weighted by atomic mass is 10.1. The Kier molecular flexibility index (Phi) is 8.48. The predicted molar refractivity (Wildman–Crippen MR) is 145 cm³/mol. The number of anilines is 2. The second-order valence-corrected chi connectivity index (χ2v) is 9.76. The van der Waals surface area contributed by atoms with Crippen molar-refractivity contribution in [1.29, 1.82) is 0 Å². The smallest absolute Gasteiger partial charge is 0.242 e. The van der Waals surface area contributed by atoms with E-state index in [1.165, 1.54) is 11.8 Å². The molecule has 2 N–H and O–H groups in total. The zero-order valence-corrected chi connectivity index (χ0v) is 20.9. The van der Waals surface area contributed by atoms with Gasteiger partial charge in [-0.15, -0.1) is 11.8 Å². The summed E-state index contributed by atoms with van der Waals surface area (Å²) in [5.41, 5.74) is 3.03. The third-order valence-electron chi connectivity index (χ3n) is 5.11. The number of amides is 2. The second-order valence-electron chi connectivity index (χ2n) is 7.77. The fourth-order valence-electron chi connectivity index (χ4n) is 3.45. The first-order valence-corrected chi connectivity index (χ1v) is 12.5. The van der Waals surface area contributed by atoms with E-state index in [1.54, 1.807) is 18.2 Å². The van der Waals surface area contributed by atoms with Gasteiger partial charge in [-0.25, -0.2) is 0 Å². The second kappa shape index (κ2) is 11.9. The summed E-state index contributed by atoms with van der Waals surface area (Å²) >= 11 is 13.5. The highest BCUT2D eigenvalue weighted by Crippen LogP contribution is 2.37. The van der Waals surface area contributed by atoms with Crippen molar-refractivity contribution >= 4 is 58.2 Å². The monoisotopic (exact) mass is 520 g/mol. The number of nitrogens with one attached hydrogen (secondary N) is 2. The fraction of sp³-hybridized carbons (Fsp3) is 0.0714. The average molecular weight is 521 g/mol. The molecule has 2 amide bonds. The Morgan fingerprint density at radius 3 is 2.11 bits per heavy atom. The summed E-state index contributed by atoms with van der Waals surface area (Å²) in [6.07, 6.45) is 0.289. The van der Waals surface area contributed by atoms with Gasteiger partial charge in [0.25, 0.3) is 0 Å². The van der Waals surface area contributed by atoms with Gasteiger partial charge in [0.2, 0.25) is 11.8 Å². The third-order valence-corrected chi connectivity index (χ3v) is 7.09. The molecule has 35 heavy (non-hydrogen) atoms. The van der Waals surface area contributed by atoms with Gasteiger partial charge in [-0.3, -0.25) is 9.59 Å². The summed E-state index contributed by atoms with van der Waals surface area (Å²) in [5.74, 6) is -0.298. The van der Waals surface area contributed by atoms with E-state index >= 15 is 0 Å². The Hall–Kier alpha value is -3.25. The van der Waals surface area contributed by atoms with E-state index in [4.69, 9.17) is 23.2 Å². The van der Waals surface area contributed by atoms with Gasteiger partial charge in [-0.1, -0.05) is 89.9 Å². The zero-order valence-electron chi connectivity index (χ0n) is 18.6. The van der Waals surface area contributed by atoms with Crippen molar-refractivity contribution < 1.29 is 9.59 Å².